The molecule has 20 heavy (non-hydrogen) atoms. The van der Waals surface area contributed by atoms with Gasteiger partial charge in [0.05, 0.1) is 11.6 Å². The lowest BCUT2D eigenvalue weighted by atomic mass is 10.0. The van der Waals surface area contributed by atoms with Crippen LogP contribution in [-0.4, -0.2) is 7.05 Å². The minimum absolute atomic E-state index is 0.259. The molecule has 108 valence electrons. The second-order valence-corrected chi connectivity index (χ2v) is 6.56. The number of nitrogens with one attached hydrogen (secondary N) is 1. The van der Waals surface area contributed by atoms with Crippen LogP contribution in [0.2, 0.25) is 0 Å². The largest absolute Gasteiger partial charge is 0.416 e. The van der Waals surface area contributed by atoms with Crippen molar-refractivity contribution in [3.8, 4) is 0 Å². The number of hydrogen-bond acceptors (Lipinski definition) is 2. The Bertz CT molecular complexity index is 607. The highest BCUT2D eigenvalue weighted by Crippen LogP contribution is 2.37. The highest BCUT2D eigenvalue weighted by Gasteiger charge is 2.31. The van der Waals surface area contributed by atoms with Crippen molar-refractivity contribution < 1.29 is 13.2 Å². The molecule has 0 amide bonds. The summed E-state index contributed by atoms with van der Waals surface area (Å²) >= 11 is 5.03. The normalized spacial score (nSPS) is 13.5. The van der Waals surface area contributed by atoms with Crippen molar-refractivity contribution in [2.75, 3.05) is 7.05 Å². The summed E-state index contributed by atoms with van der Waals surface area (Å²) in [6.07, 6.45) is -4.32. The molecule has 1 aromatic carbocycles. The second-order valence-electron chi connectivity index (χ2n) is 4.41. The summed E-state index contributed by atoms with van der Waals surface area (Å²) in [6.45, 7) is 1.97. The van der Waals surface area contributed by atoms with E-state index in [1.807, 2.05) is 13.0 Å². The summed E-state index contributed by atoms with van der Waals surface area (Å²) in [5.74, 6) is 0. The molecule has 0 saturated heterocycles. The van der Waals surface area contributed by atoms with Crippen LogP contribution in [0.1, 0.15) is 26.9 Å². The molecule has 2 aromatic rings. The van der Waals surface area contributed by atoms with E-state index in [-0.39, 0.29) is 6.04 Å². The summed E-state index contributed by atoms with van der Waals surface area (Å²) in [5, 5.41) is 3.08. The van der Waals surface area contributed by atoms with Crippen molar-refractivity contribution in [3.63, 3.8) is 0 Å². The van der Waals surface area contributed by atoms with E-state index in [1.54, 1.807) is 24.5 Å². The summed E-state index contributed by atoms with van der Waals surface area (Å²) < 4.78 is 39.3. The highest BCUT2D eigenvalue weighted by atomic mass is 79.9. The minimum atomic E-state index is -4.32. The number of benzene rings is 1. The smallest absolute Gasteiger partial charge is 0.309 e. The quantitative estimate of drug-likeness (QED) is 0.795. The maximum absolute atomic E-state index is 12.8. The molecule has 2 rings (SSSR count). The van der Waals surface area contributed by atoms with Gasteiger partial charge in [-0.3, -0.25) is 0 Å². The maximum atomic E-state index is 12.8. The van der Waals surface area contributed by atoms with Crippen LogP contribution < -0.4 is 5.32 Å². The van der Waals surface area contributed by atoms with Gasteiger partial charge in [-0.25, -0.2) is 0 Å². The number of aryl methyl sites for hydroxylation is 1. The molecule has 0 saturated carbocycles. The van der Waals surface area contributed by atoms with Gasteiger partial charge in [-0.15, -0.1) is 11.3 Å². The van der Waals surface area contributed by atoms with Crippen molar-refractivity contribution >= 4 is 27.3 Å². The van der Waals surface area contributed by atoms with E-state index in [1.165, 1.54) is 12.1 Å². The van der Waals surface area contributed by atoms with Crippen molar-refractivity contribution in [3.05, 3.63) is 55.7 Å². The van der Waals surface area contributed by atoms with E-state index in [0.29, 0.717) is 5.56 Å². The Morgan fingerprint density at radius 2 is 1.95 bits per heavy atom. The van der Waals surface area contributed by atoms with Crippen LogP contribution in [0.4, 0.5) is 13.2 Å². The van der Waals surface area contributed by atoms with Crippen LogP contribution in [-0.2, 0) is 6.18 Å². The number of halogens is 4. The Morgan fingerprint density at radius 1 is 1.25 bits per heavy atom. The monoisotopic (exact) mass is 363 g/mol. The van der Waals surface area contributed by atoms with E-state index < -0.39 is 11.7 Å². The van der Waals surface area contributed by atoms with Crippen LogP contribution in [0, 0.1) is 6.92 Å². The van der Waals surface area contributed by atoms with E-state index in [2.05, 4.69) is 21.2 Å². The molecular weight excluding hydrogens is 351 g/mol. The first-order valence-electron chi connectivity index (χ1n) is 5.93. The zero-order valence-electron chi connectivity index (χ0n) is 10.9. The molecule has 0 aliphatic rings. The molecular formula is C14H13BrF3NS. The Balaban J connectivity index is 2.45. The van der Waals surface area contributed by atoms with Gasteiger partial charge in [-0.2, -0.15) is 13.2 Å². The fraction of sp³-hybridized carbons (Fsp3) is 0.286. The van der Waals surface area contributed by atoms with Crippen molar-refractivity contribution in [1.82, 2.24) is 5.32 Å². The third kappa shape index (κ3) is 3.24. The van der Waals surface area contributed by atoms with Gasteiger partial charge in [0, 0.05) is 14.2 Å². The lowest BCUT2D eigenvalue weighted by Crippen LogP contribution is -2.17. The second kappa shape index (κ2) is 5.87. The first kappa shape index (κ1) is 15.5. The molecule has 6 heteroatoms. The lowest BCUT2D eigenvalue weighted by Gasteiger charge is -2.17. The number of rotatable bonds is 3. The van der Waals surface area contributed by atoms with Crippen molar-refractivity contribution in [1.29, 1.82) is 0 Å². The fourth-order valence-electron chi connectivity index (χ4n) is 2.04. The molecule has 1 nitrogen and oxygen atoms in total. The van der Waals surface area contributed by atoms with E-state index in [4.69, 9.17) is 0 Å². The lowest BCUT2D eigenvalue weighted by molar-refractivity contribution is -0.137. The summed E-state index contributed by atoms with van der Waals surface area (Å²) in [4.78, 5) is 2.09. The van der Waals surface area contributed by atoms with Crippen LogP contribution in [0.3, 0.4) is 0 Å². The van der Waals surface area contributed by atoms with Gasteiger partial charge >= 0.3 is 6.18 Å². The summed E-state index contributed by atoms with van der Waals surface area (Å²) in [7, 11) is 1.74. The van der Waals surface area contributed by atoms with E-state index in [0.717, 1.165) is 20.3 Å². The molecule has 1 aromatic heterocycles. The van der Waals surface area contributed by atoms with Gasteiger partial charge in [-0.05, 0) is 53.7 Å². The minimum Gasteiger partial charge on any atom is -0.309 e. The van der Waals surface area contributed by atoms with Crippen LogP contribution in [0.25, 0.3) is 0 Å². The molecule has 0 spiro atoms. The van der Waals surface area contributed by atoms with Gasteiger partial charge in [0.25, 0.3) is 0 Å². The number of thiophene rings is 1. The summed E-state index contributed by atoms with van der Waals surface area (Å²) in [6, 6.07) is 7.14. The summed E-state index contributed by atoms with van der Waals surface area (Å²) in [5.41, 5.74) is -0.0236. The third-order valence-corrected chi connectivity index (χ3v) is 4.97. The Morgan fingerprint density at radius 3 is 2.45 bits per heavy atom. The Kier molecular flexibility index (Phi) is 4.56. The molecule has 1 N–H and O–H groups in total. The predicted octanol–water partition coefficient (Wildman–Crippen LogP) is 5.15. The van der Waals surface area contributed by atoms with Gasteiger partial charge in [-0.1, -0.05) is 12.1 Å². The van der Waals surface area contributed by atoms with E-state index >= 15 is 0 Å². The topological polar surface area (TPSA) is 12.0 Å². The number of alkyl halides is 3. The van der Waals surface area contributed by atoms with Crippen LogP contribution in [0.5, 0.6) is 0 Å². The fourth-order valence-corrected chi connectivity index (χ4v) is 4.06. The van der Waals surface area contributed by atoms with E-state index in [9.17, 15) is 13.2 Å². The maximum Gasteiger partial charge on any atom is 0.416 e. The molecule has 1 unspecified atom stereocenters. The average Bonchev–Trinajstić information content (AvgIpc) is 2.69. The number of hydrogen-bond donors (Lipinski definition) is 1. The molecule has 1 atom stereocenters. The van der Waals surface area contributed by atoms with Crippen LogP contribution in [0.15, 0.2) is 34.8 Å². The predicted molar refractivity (Wildman–Crippen MR) is 79.1 cm³/mol. The molecule has 0 aliphatic carbocycles. The van der Waals surface area contributed by atoms with Gasteiger partial charge in [0.2, 0.25) is 0 Å². The molecule has 0 aliphatic heterocycles. The Labute approximate surface area is 128 Å². The molecule has 0 fully saturated rings. The zero-order chi connectivity index (χ0) is 14.9. The van der Waals surface area contributed by atoms with Crippen LogP contribution >= 0.6 is 27.3 Å². The zero-order valence-corrected chi connectivity index (χ0v) is 13.3. The molecule has 1 heterocycles. The van der Waals surface area contributed by atoms with Crippen molar-refractivity contribution in [2.24, 2.45) is 0 Å². The van der Waals surface area contributed by atoms with Gasteiger partial charge < -0.3 is 5.32 Å². The highest BCUT2D eigenvalue weighted by molar-refractivity contribution is 9.10. The van der Waals surface area contributed by atoms with Gasteiger partial charge in [0.15, 0.2) is 0 Å². The Hall–Kier alpha value is -0.850. The van der Waals surface area contributed by atoms with Gasteiger partial charge in [0.1, 0.15) is 0 Å². The first-order chi connectivity index (χ1) is 9.32. The third-order valence-electron chi connectivity index (χ3n) is 2.93. The SMILES string of the molecule is CNC(c1cccc(C(F)(F)F)c1)c1sc(C)cc1Br. The average molecular weight is 364 g/mol. The molecule has 0 bridgehead atoms. The van der Waals surface area contributed by atoms with Crippen molar-refractivity contribution in [2.45, 2.75) is 19.1 Å². The standard InChI is InChI=1S/C14H13BrF3NS/c1-8-6-11(15)13(20-8)12(19-2)9-4-3-5-10(7-9)14(16,17)18/h3-7,12,19H,1-2H3. The molecule has 0 radical (unpaired) electrons. The first-order valence-corrected chi connectivity index (χ1v) is 7.54.